The van der Waals surface area contributed by atoms with Gasteiger partial charge in [-0.05, 0) is 29.8 Å². The van der Waals surface area contributed by atoms with Gasteiger partial charge in [-0.3, -0.25) is 4.79 Å². The first-order valence-electron chi connectivity index (χ1n) is 8.38. The summed E-state index contributed by atoms with van der Waals surface area (Å²) in [5.74, 6) is -0.640. The van der Waals surface area contributed by atoms with Gasteiger partial charge in [-0.1, -0.05) is 30.8 Å². The largest absolute Gasteiger partial charge is 0.497 e. The number of methoxy groups -OCH3 is 1. The highest BCUT2D eigenvalue weighted by Gasteiger charge is 2.66. The van der Waals surface area contributed by atoms with E-state index >= 15 is 0 Å². The summed E-state index contributed by atoms with van der Waals surface area (Å²) in [5.41, 5.74) is 3.19. The van der Waals surface area contributed by atoms with Gasteiger partial charge in [0.15, 0.2) is 0 Å². The van der Waals surface area contributed by atoms with Gasteiger partial charge in [0.2, 0.25) is 0 Å². The molecule has 1 heterocycles. The Morgan fingerprint density at radius 3 is 2.32 bits per heavy atom. The number of halogens is 3. The minimum atomic E-state index is -4.97. The molecule has 0 unspecified atom stereocenters. The summed E-state index contributed by atoms with van der Waals surface area (Å²) < 4.78 is 52.5. The van der Waals surface area contributed by atoms with Crippen LogP contribution in [-0.2, 0) is 21.7 Å². The fourth-order valence-electron chi connectivity index (χ4n) is 3.05. The number of alkyl halides is 3. The van der Waals surface area contributed by atoms with Crippen LogP contribution in [0, 0.1) is 0 Å². The van der Waals surface area contributed by atoms with Crippen molar-refractivity contribution in [3.05, 3.63) is 71.9 Å². The molecule has 0 spiro atoms. The van der Waals surface area contributed by atoms with Crippen molar-refractivity contribution in [1.29, 1.82) is 0 Å². The predicted octanol–water partition coefficient (Wildman–Crippen LogP) is 3.61. The lowest BCUT2D eigenvalue weighted by atomic mass is 9.89. The molecular formula is C20H19F3N2O3. The fraction of sp³-hybridized carbons (Fsp3) is 0.250. The Balaban J connectivity index is 2.01. The summed E-state index contributed by atoms with van der Waals surface area (Å²) in [7, 11) is 1.51. The number of morpholine rings is 1. The van der Waals surface area contributed by atoms with Crippen LogP contribution in [0.1, 0.15) is 11.1 Å². The normalized spacial score (nSPS) is 20.4. The molecule has 2 aromatic carbocycles. The van der Waals surface area contributed by atoms with Crippen molar-refractivity contribution in [3.8, 4) is 5.75 Å². The molecule has 1 fully saturated rings. The molecule has 0 bridgehead atoms. The number of anilines is 1. The standard InChI is InChI=1S/C20H19F3N2O3/c1-13-12-28-19(20(21,22)23,15-5-7-16(24)8-6-15)18(26)25(13)11-14-3-9-17(27-2)10-4-14/h3-10H,1,11-12,24H2,2H3/t19-/m1/s1. The highest BCUT2D eigenvalue weighted by atomic mass is 19.4. The van der Waals surface area contributed by atoms with Gasteiger partial charge < -0.3 is 20.1 Å². The number of nitrogens with two attached hydrogens (primary N) is 1. The molecule has 1 aliphatic heterocycles. The zero-order valence-electron chi connectivity index (χ0n) is 15.1. The van der Waals surface area contributed by atoms with Crippen molar-refractivity contribution in [2.45, 2.75) is 18.3 Å². The average Bonchev–Trinajstić information content (AvgIpc) is 2.66. The molecule has 1 amide bonds. The molecule has 1 atom stereocenters. The predicted molar refractivity (Wildman–Crippen MR) is 97.2 cm³/mol. The lowest BCUT2D eigenvalue weighted by Crippen LogP contribution is -2.60. The molecule has 0 saturated carbocycles. The van der Waals surface area contributed by atoms with Crippen LogP contribution in [0.3, 0.4) is 0 Å². The Morgan fingerprint density at radius 1 is 1.18 bits per heavy atom. The third-order valence-electron chi connectivity index (χ3n) is 4.60. The van der Waals surface area contributed by atoms with Crippen LogP contribution in [0.25, 0.3) is 0 Å². The van der Waals surface area contributed by atoms with Crippen molar-refractivity contribution in [1.82, 2.24) is 4.90 Å². The lowest BCUT2D eigenvalue weighted by Gasteiger charge is -2.43. The molecule has 5 nitrogen and oxygen atoms in total. The second kappa shape index (κ2) is 7.20. The molecule has 0 aliphatic carbocycles. The number of hydrogen-bond donors (Lipinski definition) is 1. The minimum Gasteiger partial charge on any atom is -0.497 e. The molecular weight excluding hydrogens is 373 g/mol. The molecule has 3 rings (SSSR count). The van der Waals surface area contributed by atoms with Gasteiger partial charge >= 0.3 is 6.18 Å². The summed E-state index contributed by atoms with van der Waals surface area (Å²) in [5, 5.41) is 0. The van der Waals surface area contributed by atoms with E-state index in [2.05, 4.69) is 6.58 Å². The van der Waals surface area contributed by atoms with E-state index in [4.69, 9.17) is 15.2 Å². The van der Waals surface area contributed by atoms with Gasteiger partial charge in [0.1, 0.15) is 5.75 Å². The Kier molecular flexibility index (Phi) is 5.08. The van der Waals surface area contributed by atoms with E-state index in [1.165, 1.54) is 19.2 Å². The zero-order chi connectivity index (χ0) is 20.5. The highest BCUT2D eigenvalue weighted by Crippen LogP contribution is 2.47. The van der Waals surface area contributed by atoms with Gasteiger partial charge in [0.25, 0.3) is 11.5 Å². The molecule has 1 aliphatic rings. The Morgan fingerprint density at radius 2 is 1.79 bits per heavy atom. The zero-order valence-corrected chi connectivity index (χ0v) is 15.1. The summed E-state index contributed by atoms with van der Waals surface area (Å²) >= 11 is 0. The van der Waals surface area contributed by atoms with Crippen LogP contribution >= 0.6 is 0 Å². The van der Waals surface area contributed by atoms with E-state index in [-0.39, 0.29) is 23.5 Å². The van der Waals surface area contributed by atoms with Gasteiger partial charge in [0.05, 0.1) is 20.3 Å². The average molecular weight is 392 g/mol. The smallest absolute Gasteiger partial charge is 0.431 e. The van der Waals surface area contributed by atoms with Gasteiger partial charge in [-0.15, -0.1) is 0 Å². The van der Waals surface area contributed by atoms with E-state index < -0.39 is 24.3 Å². The summed E-state index contributed by atoms with van der Waals surface area (Å²) in [6.07, 6.45) is -4.97. The quantitative estimate of drug-likeness (QED) is 0.808. The van der Waals surface area contributed by atoms with Crippen molar-refractivity contribution in [3.63, 3.8) is 0 Å². The van der Waals surface area contributed by atoms with E-state index in [0.29, 0.717) is 11.3 Å². The molecule has 148 valence electrons. The van der Waals surface area contributed by atoms with Crippen LogP contribution in [0.2, 0.25) is 0 Å². The monoisotopic (exact) mass is 392 g/mol. The highest BCUT2D eigenvalue weighted by molar-refractivity contribution is 5.90. The van der Waals surface area contributed by atoms with E-state index in [1.54, 1.807) is 24.3 Å². The number of nitrogen functional groups attached to an aromatic ring is 1. The molecule has 8 heteroatoms. The maximum atomic E-state index is 14.1. The fourth-order valence-corrected chi connectivity index (χ4v) is 3.05. The van der Waals surface area contributed by atoms with Crippen LogP contribution in [0.4, 0.5) is 18.9 Å². The number of carbonyl (C=O) groups is 1. The number of nitrogens with zero attached hydrogens (tertiary/aromatic N) is 1. The lowest BCUT2D eigenvalue weighted by molar-refractivity contribution is -0.283. The van der Waals surface area contributed by atoms with Crippen LogP contribution in [0.15, 0.2) is 60.8 Å². The van der Waals surface area contributed by atoms with E-state index in [9.17, 15) is 18.0 Å². The first-order valence-corrected chi connectivity index (χ1v) is 8.38. The van der Waals surface area contributed by atoms with Gasteiger partial charge in [0, 0.05) is 16.9 Å². The summed E-state index contributed by atoms with van der Waals surface area (Å²) in [4.78, 5) is 14.1. The first kappa shape index (κ1) is 19.8. The topological polar surface area (TPSA) is 64.8 Å². The number of amides is 1. The second-order valence-corrected chi connectivity index (χ2v) is 6.40. The molecule has 2 N–H and O–H groups in total. The maximum Gasteiger partial charge on any atom is 0.431 e. The third-order valence-corrected chi connectivity index (χ3v) is 4.60. The van der Waals surface area contributed by atoms with Crippen LogP contribution in [-0.4, -0.2) is 30.7 Å². The van der Waals surface area contributed by atoms with Crippen LogP contribution in [0.5, 0.6) is 5.75 Å². The van der Waals surface area contributed by atoms with Crippen molar-refractivity contribution in [2.24, 2.45) is 0 Å². The molecule has 0 aromatic heterocycles. The number of carbonyl (C=O) groups excluding carboxylic acids is 1. The molecule has 2 aromatic rings. The summed E-state index contributed by atoms with van der Waals surface area (Å²) in [6.45, 7) is 3.19. The van der Waals surface area contributed by atoms with Crippen molar-refractivity contribution >= 4 is 11.6 Å². The molecule has 28 heavy (non-hydrogen) atoms. The SMILES string of the molecule is C=C1CO[C@@](c2ccc(N)cc2)(C(F)(F)F)C(=O)N1Cc1ccc(OC)cc1. The molecule has 0 radical (unpaired) electrons. The van der Waals surface area contributed by atoms with Gasteiger partial charge in [-0.25, -0.2) is 0 Å². The minimum absolute atomic E-state index is 0.0716. The first-order chi connectivity index (χ1) is 13.2. The maximum absolute atomic E-state index is 14.1. The number of benzene rings is 2. The third kappa shape index (κ3) is 3.31. The van der Waals surface area contributed by atoms with Crippen LogP contribution < -0.4 is 10.5 Å². The second-order valence-electron chi connectivity index (χ2n) is 6.40. The van der Waals surface area contributed by atoms with Gasteiger partial charge in [-0.2, -0.15) is 13.2 Å². The van der Waals surface area contributed by atoms with Crippen molar-refractivity contribution in [2.75, 3.05) is 19.5 Å². The Hall–Kier alpha value is -3.00. The Labute approximate surface area is 160 Å². The number of rotatable bonds is 4. The van der Waals surface area contributed by atoms with Crippen molar-refractivity contribution < 1.29 is 27.4 Å². The number of ether oxygens (including phenoxy) is 2. The number of hydrogen-bond acceptors (Lipinski definition) is 4. The van der Waals surface area contributed by atoms with E-state index in [1.807, 2.05) is 0 Å². The molecule has 1 saturated heterocycles. The Bertz CT molecular complexity index is 879. The van der Waals surface area contributed by atoms with E-state index in [0.717, 1.165) is 17.0 Å². The summed E-state index contributed by atoms with van der Waals surface area (Å²) in [6, 6.07) is 11.6.